The molecule has 1 aromatic carbocycles. The quantitative estimate of drug-likeness (QED) is 0.837. The first-order valence-electron chi connectivity index (χ1n) is 5.13. The van der Waals surface area contributed by atoms with Gasteiger partial charge in [-0.15, -0.1) is 0 Å². The third-order valence-electron chi connectivity index (χ3n) is 2.27. The number of nitrogens with zero attached hydrogens (tertiary/aromatic N) is 1. The lowest BCUT2D eigenvalue weighted by Gasteiger charge is -2.11. The number of alkyl halides is 3. The molecule has 0 unspecified atom stereocenters. The number of ether oxygens (including phenoxy) is 1. The summed E-state index contributed by atoms with van der Waals surface area (Å²) in [5.41, 5.74) is 5.16. The summed E-state index contributed by atoms with van der Waals surface area (Å²) >= 11 is 3.21. The second-order valence-corrected chi connectivity index (χ2v) is 4.50. The van der Waals surface area contributed by atoms with Crippen LogP contribution in [0.5, 0.6) is 11.6 Å². The van der Waals surface area contributed by atoms with E-state index in [-0.39, 0.29) is 11.6 Å². The number of para-hydroxylation sites is 1. The molecule has 0 amide bonds. The van der Waals surface area contributed by atoms with E-state index in [0.717, 1.165) is 18.3 Å². The lowest BCUT2D eigenvalue weighted by Crippen LogP contribution is -2.05. The maximum Gasteiger partial charge on any atom is 0.416 e. The van der Waals surface area contributed by atoms with E-state index in [2.05, 4.69) is 20.9 Å². The highest BCUT2D eigenvalue weighted by atomic mass is 79.9. The monoisotopic (exact) mass is 332 g/mol. The molecular weight excluding hydrogens is 325 g/mol. The number of pyridine rings is 1. The van der Waals surface area contributed by atoms with E-state index in [4.69, 9.17) is 10.5 Å². The van der Waals surface area contributed by atoms with E-state index in [1.54, 1.807) is 18.2 Å². The number of hydrogen-bond acceptors (Lipinski definition) is 3. The van der Waals surface area contributed by atoms with Gasteiger partial charge in [-0.1, -0.05) is 6.07 Å². The summed E-state index contributed by atoms with van der Waals surface area (Å²) < 4.78 is 43.5. The first kappa shape index (κ1) is 13.7. The Morgan fingerprint density at radius 3 is 2.58 bits per heavy atom. The number of nitrogens with two attached hydrogens (primary N) is 1. The molecule has 2 rings (SSSR count). The molecule has 3 nitrogen and oxygen atoms in total. The minimum Gasteiger partial charge on any atom is -0.436 e. The Morgan fingerprint density at radius 1 is 1.21 bits per heavy atom. The lowest BCUT2D eigenvalue weighted by atomic mass is 10.2. The van der Waals surface area contributed by atoms with Crippen molar-refractivity contribution in [2.24, 2.45) is 0 Å². The van der Waals surface area contributed by atoms with Crippen LogP contribution in [0.4, 0.5) is 18.9 Å². The summed E-state index contributed by atoms with van der Waals surface area (Å²) in [6, 6.07) is 6.62. The second-order valence-electron chi connectivity index (χ2n) is 3.64. The number of benzene rings is 1. The Morgan fingerprint density at radius 2 is 1.95 bits per heavy atom. The predicted molar refractivity (Wildman–Crippen MR) is 67.9 cm³/mol. The van der Waals surface area contributed by atoms with Gasteiger partial charge >= 0.3 is 6.18 Å². The van der Waals surface area contributed by atoms with Crippen molar-refractivity contribution >= 4 is 21.6 Å². The summed E-state index contributed by atoms with van der Waals surface area (Å²) in [4.78, 5) is 3.73. The van der Waals surface area contributed by atoms with Crippen molar-refractivity contribution in [1.29, 1.82) is 0 Å². The van der Waals surface area contributed by atoms with Crippen LogP contribution in [0.2, 0.25) is 0 Å². The number of rotatable bonds is 2. The van der Waals surface area contributed by atoms with Crippen molar-refractivity contribution in [1.82, 2.24) is 4.98 Å². The smallest absolute Gasteiger partial charge is 0.416 e. The largest absolute Gasteiger partial charge is 0.436 e. The highest BCUT2D eigenvalue weighted by Gasteiger charge is 2.31. The fourth-order valence-electron chi connectivity index (χ4n) is 1.38. The Kier molecular flexibility index (Phi) is 3.66. The Labute approximate surface area is 115 Å². The molecule has 0 radical (unpaired) electrons. The Balaban J connectivity index is 2.34. The molecule has 1 heterocycles. The molecule has 0 atom stereocenters. The zero-order valence-electron chi connectivity index (χ0n) is 9.41. The van der Waals surface area contributed by atoms with Crippen LogP contribution >= 0.6 is 15.9 Å². The van der Waals surface area contributed by atoms with Gasteiger partial charge in [0, 0.05) is 12.3 Å². The Hall–Kier alpha value is -1.76. The second kappa shape index (κ2) is 5.08. The normalized spacial score (nSPS) is 11.4. The van der Waals surface area contributed by atoms with E-state index in [9.17, 15) is 13.2 Å². The van der Waals surface area contributed by atoms with Crippen LogP contribution in [0.3, 0.4) is 0 Å². The summed E-state index contributed by atoms with van der Waals surface area (Å²) in [6.07, 6.45) is -3.41. The van der Waals surface area contributed by atoms with Gasteiger partial charge in [-0.3, -0.25) is 0 Å². The molecule has 0 aliphatic heterocycles. The average Bonchev–Trinajstić information content (AvgIpc) is 2.33. The SMILES string of the molecule is Nc1cccc(Br)c1Oc1cc(C(F)(F)F)ccn1. The first-order valence-corrected chi connectivity index (χ1v) is 5.92. The van der Waals surface area contributed by atoms with Crippen LogP contribution in [0.25, 0.3) is 0 Å². The van der Waals surface area contributed by atoms with Crippen LogP contribution in [-0.4, -0.2) is 4.98 Å². The summed E-state index contributed by atoms with van der Waals surface area (Å²) in [5, 5.41) is 0. The third-order valence-corrected chi connectivity index (χ3v) is 2.89. The fraction of sp³-hybridized carbons (Fsp3) is 0.0833. The van der Waals surface area contributed by atoms with Crippen molar-refractivity contribution in [3.63, 3.8) is 0 Å². The van der Waals surface area contributed by atoms with Crippen LogP contribution in [0.15, 0.2) is 41.0 Å². The molecule has 0 spiro atoms. The third kappa shape index (κ3) is 3.17. The molecule has 7 heteroatoms. The minimum absolute atomic E-state index is 0.173. The van der Waals surface area contributed by atoms with Gasteiger partial charge in [-0.05, 0) is 34.1 Å². The molecule has 19 heavy (non-hydrogen) atoms. The number of nitrogen functional groups attached to an aromatic ring is 1. The van der Waals surface area contributed by atoms with E-state index in [1.165, 1.54) is 0 Å². The van der Waals surface area contributed by atoms with Gasteiger partial charge in [0.15, 0.2) is 5.75 Å². The Bertz CT molecular complexity index is 582. The highest BCUT2D eigenvalue weighted by molar-refractivity contribution is 9.10. The van der Waals surface area contributed by atoms with Crippen LogP contribution < -0.4 is 10.5 Å². The van der Waals surface area contributed by atoms with Gasteiger partial charge in [-0.25, -0.2) is 4.98 Å². The van der Waals surface area contributed by atoms with Gasteiger partial charge in [0.25, 0.3) is 0 Å². The molecule has 0 fully saturated rings. The molecule has 0 aliphatic carbocycles. The van der Waals surface area contributed by atoms with Crippen LogP contribution in [0.1, 0.15) is 5.56 Å². The standard InChI is InChI=1S/C12H8BrF3N2O/c13-8-2-1-3-9(17)11(8)19-10-6-7(4-5-18-10)12(14,15)16/h1-6H,17H2. The number of anilines is 1. The predicted octanol–water partition coefficient (Wildman–Crippen LogP) is 4.24. The average molecular weight is 333 g/mol. The summed E-state index contributed by atoms with van der Waals surface area (Å²) in [5.74, 6) is 0.0581. The first-order chi connectivity index (χ1) is 8.88. The zero-order valence-corrected chi connectivity index (χ0v) is 11.0. The van der Waals surface area contributed by atoms with Gasteiger partial charge in [0.05, 0.1) is 15.7 Å². The minimum atomic E-state index is -4.44. The van der Waals surface area contributed by atoms with Crippen molar-refractivity contribution in [3.05, 3.63) is 46.6 Å². The molecule has 0 saturated carbocycles. The van der Waals surface area contributed by atoms with E-state index in [1.807, 2.05) is 0 Å². The van der Waals surface area contributed by atoms with Crippen molar-refractivity contribution < 1.29 is 17.9 Å². The van der Waals surface area contributed by atoms with Gasteiger partial charge in [0.2, 0.25) is 5.88 Å². The maximum atomic E-state index is 12.5. The lowest BCUT2D eigenvalue weighted by molar-refractivity contribution is -0.137. The van der Waals surface area contributed by atoms with Gasteiger partial charge in [0.1, 0.15) is 0 Å². The molecular formula is C12H8BrF3N2O. The number of hydrogen-bond donors (Lipinski definition) is 1. The van der Waals surface area contributed by atoms with E-state index in [0.29, 0.717) is 10.2 Å². The van der Waals surface area contributed by atoms with Crippen LogP contribution in [0, 0.1) is 0 Å². The topological polar surface area (TPSA) is 48.1 Å². The summed E-state index contributed by atoms with van der Waals surface area (Å²) in [7, 11) is 0. The molecule has 0 saturated heterocycles. The van der Waals surface area contributed by atoms with Crippen molar-refractivity contribution in [2.75, 3.05) is 5.73 Å². The summed E-state index contributed by atoms with van der Waals surface area (Å²) in [6.45, 7) is 0. The number of halogens is 4. The fourth-order valence-corrected chi connectivity index (χ4v) is 1.84. The molecule has 0 aliphatic rings. The molecule has 100 valence electrons. The van der Waals surface area contributed by atoms with Crippen LogP contribution in [-0.2, 0) is 6.18 Å². The zero-order chi connectivity index (χ0) is 14.0. The van der Waals surface area contributed by atoms with E-state index < -0.39 is 11.7 Å². The van der Waals surface area contributed by atoms with Gasteiger partial charge < -0.3 is 10.5 Å². The molecule has 1 aromatic heterocycles. The maximum absolute atomic E-state index is 12.5. The van der Waals surface area contributed by atoms with Crippen molar-refractivity contribution in [2.45, 2.75) is 6.18 Å². The van der Waals surface area contributed by atoms with Crippen molar-refractivity contribution in [3.8, 4) is 11.6 Å². The molecule has 2 N–H and O–H groups in total. The highest BCUT2D eigenvalue weighted by Crippen LogP contribution is 2.36. The van der Waals surface area contributed by atoms with E-state index >= 15 is 0 Å². The molecule has 2 aromatic rings. The van der Waals surface area contributed by atoms with Gasteiger partial charge in [-0.2, -0.15) is 13.2 Å². The molecule has 0 bridgehead atoms. The number of aromatic nitrogens is 1.